The highest BCUT2D eigenvalue weighted by Crippen LogP contribution is 2.32. The highest BCUT2D eigenvalue weighted by atomic mass is 16.3. The highest BCUT2D eigenvalue weighted by Gasteiger charge is 2.23. The molecule has 4 heterocycles. The van der Waals surface area contributed by atoms with Crippen molar-refractivity contribution in [2.45, 2.75) is 32.3 Å². The smallest absolute Gasteiger partial charge is 0.225 e. The largest absolute Gasteiger partial charge is 0.393 e. The van der Waals surface area contributed by atoms with Crippen molar-refractivity contribution >= 4 is 23.1 Å². The number of piperidine rings is 1. The molecule has 0 atom stereocenters. The van der Waals surface area contributed by atoms with Crippen molar-refractivity contribution in [1.29, 1.82) is 5.41 Å². The molecule has 3 aliphatic heterocycles. The van der Waals surface area contributed by atoms with E-state index in [2.05, 4.69) is 60.0 Å². The Morgan fingerprint density at radius 2 is 1.65 bits per heavy atom. The summed E-state index contributed by atoms with van der Waals surface area (Å²) in [5.74, 6) is 0.742. The summed E-state index contributed by atoms with van der Waals surface area (Å²) in [5, 5.41) is 17.5. The van der Waals surface area contributed by atoms with E-state index in [9.17, 15) is 5.11 Å². The number of nitrogens with one attached hydrogen (secondary N) is 1. The molecule has 5 rings (SSSR count). The number of allylic oxidation sites excluding steroid dienone is 1. The van der Waals surface area contributed by atoms with Gasteiger partial charge in [0, 0.05) is 92.0 Å². The standard InChI is InChI=1S/C26H33N7O/c1-19(27)14-21-15-22(18-28-21)31-10-12-32(13-11-31)25-5-3-2-4-24(25)20-16-29-26(30-17-20)33-8-6-23(34)7-9-33/h2-5,15-17,23,27,34H,6-14,18H2,1H3. The Morgan fingerprint density at radius 1 is 0.971 bits per heavy atom. The molecule has 2 saturated heterocycles. The van der Waals surface area contributed by atoms with Gasteiger partial charge in [0.1, 0.15) is 0 Å². The summed E-state index contributed by atoms with van der Waals surface area (Å²) in [6.07, 6.45) is 8.01. The van der Waals surface area contributed by atoms with E-state index in [0.717, 1.165) is 81.4 Å². The average Bonchev–Trinajstić information content (AvgIpc) is 3.33. The molecule has 3 aliphatic rings. The second-order valence-corrected chi connectivity index (χ2v) is 9.38. The zero-order valence-corrected chi connectivity index (χ0v) is 19.8. The summed E-state index contributed by atoms with van der Waals surface area (Å²) >= 11 is 0. The van der Waals surface area contributed by atoms with E-state index in [-0.39, 0.29) is 6.10 Å². The lowest BCUT2D eigenvalue weighted by molar-refractivity contribution is 0.145. The maximum atomic E-state index is 9.75. The molecule has 0 amide bonds. The fourth-order valence-electron chi connectivity index (χ4n) is 4.95. The van der Waals surface area contributed by atoms with Crippen LogP contribution in [0, 0.1) is 5.41 Å². The molecule has 1 aromatic carbocycles. The number of aromatic nitrogens is 2. The molecule has 0 bridgehead atoms. The van der Waals surface area contributed by atoms with Crippen LogP contribution in [0.5, 0.6) is 0 Å². The molecule has 1 aromatic heterocycles. The minimum Gasteiger partial charge on any atom is -0.393 e. The third-order valence-electron chi connectivity index (χ3n) is 6.85. The van der Waals surface area contributed by atoms with Crippen molar-refractivity contribution in [2.75, 3.05) is 55.6 Å². The predicted octanol–water partition coefficient (Wildman–Crippen LogP) is 2.99. The highest BCUT2D eigenvalue weighted by molar-refractivity contribution is 6.09. The van der Waals surface area contributed by atoms with Gasteiger partial charge < -0.3 is 25.2 Å². The molecule has 2 aromatic rings. The second kappa shape index (κ2) is 9.93. The number of piperazine rings is 1. The first-order valence-electron chi connectivity index (χ1n) is 12.2. The van der Waals surface area contributed by atoms with Crippen molar-refractivity contribution in [3.63, 3.8) is 0 Å². The maximum absolute atomic E-state index is 9.75. The topological polar surface area (TPSA) is 91.9 Å². The Balaban J connectivity index is 1.25. The number of anilines is 2. The molecule has 34 heavy (non-hydrogen) atoms. The van der Waals surface area contributed by atoms with E-state index in [0.29, 0.717) is 12.1 Å². The number of aliphatic imine (C=N–C) groups is 1. The van der Waals surface area contributed by atoms with Crippen LogP contribution in [0.2, 0.25) is 0 Å². The van der Waals surface area contributed by atoms with Crippen LogP contribution in [0.25, 0.3) is 11.1 Å². The van der Waals surface area contributed by atoms with E-state index in [1.54, 1.807) is 0 Å². The van der Waals surface area contributed by atoms with Crippen LogP contribution in [0.15, 0.2) is 53.4 Å². The average molecular weight is 460 g/mol. The van der Waals surface area contributed by atoms with Crippen molar-refractivity contribution in [3.8, 4) is 11.1 Å². The third kappa shape index (κ3) is 4.97. The van der Waals surface area contributed by atoms with Crippen LogP contribution in [-0.2, 0) is 0 Å². The summed E-state index contributed by atoms with van der Waals surface area (Å²) in [5.41, 5.74) is 6.36. The van der Waals surface area contributed by atoms with Gasteiger partial charge >= 0.3 is 0 Å². The van der Waals surface area contributed by atoms with Gasteiger partial charge in [-0.1, -0.05) is 18.2 Å². The SMILES string of the molecule is CC(=N)CC1=NCC(N2CCN(c3ccccc3-c3cnc(N4CCC(O)CC4)nc3)CC2)=C1. The van der Waals surface area contributed by atoms with E-state index in [1.165, 1.54) is 11.4 Å². The molecule has 0 spiro atoms. The molecule has 2 N–H and O–H groups in total. The molecule has 0 aliphatic carbocycles. The molecule has 0 saturated carbocycles. The zero-order chi connectivity index (χ0) is 23.5. The van der Waals surface area contributed by atoms with E-state index < -0.39 is 0 Å². The molecule has 0 unspecified atom stereocenters. The molecule has 0 radical (unpaired) electrons. The van der Waals surface area contributed by atoms with Crippen molar-refractivity contribution in [1.82, 2.24) is 14.9 Å². The van der Waals surface area contributed by atoms with Gasteiger partial charge in [0.05, 0.1) is 12.6 Å². The molecule has 8 nitrogen and oxygen atoms in total. The Morgan fingerprint density at radius 3 is 2.35 bits per heavy atom. The number of benzene rings is 1. The molecule has 178 valence electrons. The summed E-state index contributed by atoms with van der Waals surface area (Å²) < 4.78 is 0. The van der Waals surface area contributed by atoms with Gasteiger partial charge in [0.15, 0.2) is 0 Å². The molecule has 2 fully saturated rings. The van der Waals surface area contributed by atoms with Crippen molar-refractivity contribution in [2.24, 2.45) is 4.99 Å². The van der Waals surface area contributed by atoms with Gasteiger partial charge in [-0.05, 0) is 31.9 Å². The Hall–Kier alpha value is -3.26. The zero-order valence-electron chi connectivity index (χ0n) is 19.8. The summed E-state index contributed by atoms with van der Waals surface area (Å²) in [6, 6.07) is 8.51. The van der Waals surface area contributed by atoms with Gasteiger partial charge in [0.2, 0.25) is 5.95 Å². The van der Waals surface area contributed by atoms with Gasteiger partial charge in [-0.25, -0.2) is 9.97 Å². The number of nitrogens with zero attached hydrogens (tertiary/aromatic N) is 6. The lowest BCUT2D eigenvalue weighted by atomic mass is 10.1. The first kappa shape index (κ1) is 22.5. The quantitative estimate of drug-likeness (QED) is 0.646. The van der Waals surface area contributed by atoms with Gasteiger partial charge in [0.25, 0.3) is 0 Å². The normalized spacial score (nSPS) is 19.3. The first-order chi connectivity index (χ1) is 16.6. The first-order valence-corrected chi connectivity index (χ1v) is 12.2. The fourth-order valence-corrected chi connectivity index (χ4v) is 4.95. The Bertz CT molecular complexity index is 1080. The number of aliphatic hydroxyl groups excluding tert-OH is 1. The fraction of sp³-hybridized carbons (Fsp3) is 0.462. The maximum Gasteiger partial charge on any atom is 0.225 e. The third-order valence-corrected chi connectivity index (χ3v) is 6.85. The Labute approximate surface area is 201 Å². The van der Waals surface area contributed by atoms with Crippen LogP contribution in [0.1, 0.15) is 26.2 Å². The van der Waals surface area contributed by atoms with Gasteiger partial charge in [-0.15, -0.1) is 0 Å². The lowest BCUT2D eigenvalue weighted by Gasteiger charge is -2.38. The predicted molar refractivity (Wildman–Crippen MR) is 137 cm³/mol. The van der Waals surface area contributed by atoms with Crippen LogP contribution in [-0.4, -0.2) is 83.3 Å². The van der Waals surface area contributed by atoms with Crippen molar-refractivity contribution in [3.05, 3.63) is 48.4 Å². The molecular weight excluding hydrogens is 426 g/mol. The minimum absolute atomic E-state index is 0.201. The summed E-state index contributed by atoms with van der Waals surface area (Å²) in [6.45, 7) is 7.98. The van der Waals surface area contributed by atoms with E-state index in [4.69, 9.17) is 5.41 Å². The molecule has 8 heteroatoms. The van der Waals surface area contributed by atoms with E-state index >= 15 is 0 Å². The van der Waals surface area contributed by atoms with Crippen molar-refractivity contribution < 1.29 is 5.11 Å². The second-order valence-electron chi connectivity index (χ2n) is 9.38. The van der Waals surface area contributed by atoms with Crippen LogP contribution in [0.4, 0.5) is 11.6 Å². The monoisotopic (exact) mass is 459 g/mol. The van der Waals surface area contributed by atoms with Crippen LogP contribution in [0.3, 0.4) is 0 Å². The molecular formula is C26H33N7O. The minimum atomic E-state index is -0.201. The summed E-state index contributed by atoms with van der Waals surface area (Å²) in [4.78, 5) is 20.9. The summed E-state index contributed by atoms with van der Waals surface area (Å²) in [7, 11) is 0. The van der Waals surface area contributed by atoms with Crippen LogP contribution < -0.4 is 9.80 Å². The van der Waals surface area contributed by atoms with Crippen LogP contribution >= 0.6 is 0 Å². The lowest BCUT2D eigenvalue weighted by Crippen LogP contribution is -2.46. The number of hydrogen-bond acceptors (Lipinski definition) is 8. The van der Waals surface area contributed by atoms with Gasteiger partial charge in [-0.2, -0.15) is 0 Å². The number of aliphatic hydroxyl groups is 1. The van der Waals surface area contributed by atoms with E-state index in [1.807, 2.05) is 19.3 Å². The number of para-hydroxylation sites is 1. The van der Waals surface area contributed by atoms with Gasteiger partial charge in [-0.3, -0.25) is 4.99 Å². The number of hydrogen-bond donors (Lipinski definition) is 2. The Kier molecular flexibility index (Phi) is 6.58. The number of rotatable bonds is 6.